The highest BCUT2D eigenvalue weighted by molar-refractivity contribution is 6.09. The van der Waals surface area contributed by atoms with Crippen molar-refractivity contribution in [2.24, 2.45) is 0 Å². The lowest BCUT2D eigenvalue weighted by atomic mass is 9.89. The quantitative estimate of drug-likeness (QED) is 0.546. The molecule has 0 unspecified atom stereocenters. The van der Waals surface area contributed by atoms with Crippen molar-refractivity contribution in [1.29, 1.82) is 0 Å². The maximum atomic E-state index is 4.70. The Bertz CT molecular complexity index is 763. The molecule has 0 bridgehead atoms. The van der Waals surface area contributed by atoms with Crippen molar-refractivity contribution < 1.29 is 0 Å². The highest BCUT2D eigenvalue weighted by atomic mass is 14.7. The van der Waals surface area contributed by atoms with Gasteiger partial charge in [0.2, 0.25) is 0 Å². The summed E-state index contributed by atoms with van der Waals surface area (Å²) in [6.07, 6.45) is 1.96. The molecule has 3 aromatic rings. The van der Waals surface area contributed by atoms with Crippen molar-refractivity contribution in [3.63, 3.8) is 0 Å². The third-order valence-electron chi connectivity index (χ3n) is 4.04. The van der Waals surface area contributed by atoms with Gasteiger partial charge in [-0.25, -0.2) is 0 Å². The molecule has 20 heavy (non-hydrogen) atoms. The zero-order valence-corrected chi connectivity index (χ0v) is 12.6. The average molecular weight is 263 g/mol. The molecule has 0 aliphatic rings. The first kappa shape index (κ1) is 13.1. The van der Waals surface area contributed by atoms with Gasteiger partial charge in [-0.1, -0.05) is 52.0 Å². The fourth-order valence-corrected chi connectivity index (χ4v) is 2.99. The van der Waals surface area contributed by atoms with Gasteiger partial charge in [0.05, 0.1) is 5.52 Å². The molecule has 0 aliphatic carbocycles. The Morgan fingerprint density at radius 3 is 2.25 bits per heavy atom. The first-order valence-corrected chi connectivity index (χ1v) is 7.40. The van der Waals surface area contributed by atoms with Gasteiger partial charge in [0.25, 0.3) is 0 Å². The molecule has 0 radical (unpaired) electrons. The molecular weight excluding hydrogens is 242 g/mol. The lowest BCUT2D eigenvalue weighted by Gasteiger charge is -2.16. The SMILES string of the molecule is CC(C)c1cc2ccccc2c2c(C(C)C)ccnc12. The van der Waals surface area contributed by atoms with Gasteiger partial charge >= 0.3 is 0 Å². The monoisotopic (exact) mass is 263 g/mol. The Morgan fingerprint density at radius 2 is 1.55 bits per heavy atom. The van der Waals surface area contributed by atoms with E-state index in [4.69, 9.17) is 4.98 Å². The van der Waals surface area contributed by atoms with Crippen LogP contribution in [0.3, 0.4) is 0 Å². The zero-order chi connectivity index (χ0) is 14.3. The first-order valence-electron chi connectivity index (χ1n) is 7.40. The van der Waals surface area contributed by atoms with E-state index in [1.165, 1.54) is 32.8 Å². The van der Waals surface area contributed by atoms with Crippen LogP contribution in [0.25, 0.3) is 21.7 Å². The minimum Gasteiger partial charge on any atom is -0.256 e. The van der Waals surface area contributed by atoms with Gasteiger partial charge in [0.15, 0.2) is 0 Å². The molecule has 0 amide bonds. The summed E-state index contributed by atoms with van der Waals surface area (Å²) >= 11 is 0. The van der Waals surface area contributed by atoms with Crippen LogP contribution in [0.4, 0.5) is 0 Å². The van der Waals surface area contributed by atoms with Gasteiger partial charge in [-0.3, -0.25) is 4.98 Å². The summed E-state index contributed by atoms with van der Waals surface area (Å²) in [4.78, 5) is 4.70. The normalized spacial score (nSPS) is 11.9. The summed E-state index contributed by atoms with van der Waals surface area (Å²) in [6, 6.07) is 13.1. The summed E-state index contributed by atoms with van der Waals surface area (Å²) in [5.74, 6) is 0.989. The Labute approximate surface area is 120 Å². The first-order chi connectivity index (χ1) is 9.59. The van der Waals surface area contributed by atoms with Crippen LogP contribution >= 0.6 is 0 Å². The minimum absolute atomic E-state index is 0.483. The standard InChI is InChI=1S/C19H21N/c1-12(2)15-9-10-20-19-17(13(3)4)11-14-7-5-6-8-16(14)18(15)19/h5-13H,1-4H3. The van der Waals surface area contributed by atoms with E-state index < -0.39 is 0 Å². The second kappa shape index (κ2) is 4.90. The molecule has 1 aromatic heterocycles. The van der Waals surface area contributed by atoms with E-state index in [-0.39, 0.29) is 0 Å². The topological polar surface area (TPSA) is 12.9 Å². The molecule has 0 atom stereocenters. The molecule has 1 heteroatoms. The molecule has 3 rings (SSSR count). The van der Waals surface area contributed by atoms with Crippen LogP contribution in [-0.2, 0) is 0 Å². The van der Waals surface area contributed by atoms with Crippen molar-refractivity contribution in [3.8, 4) is 0 Å². The fraction of sp³-hybridized carbons (Fsp3) is 0.316. The van der Waals surface area contributed by atoms with E-state index in [0.29, 0.717) is 11.8 Å². The zero-order valence-electron chi connectivity index (χ0n) is 12.6. The number of rotatable bonds is 2. The molecule has 0 spiro atoms. The van der Waals surface area contributed by atoms with E-state index in [1.807, 2.05) is 6.20 Å². The molecule has 0 N–H and O–H groups in total. The molecule has 1 nitrogen and oxygen atoms in total. The predicted octanol–water partition coefficient (Wildman–Crippen LogP) is 5.63. The Balaban J connectivity index is 2.56. The van der Waals surface area contributed by atoms with E-state index in [9.17, 15) is 0 Å². The summed E-state index contributed by atoms with van der Waals surface area (Å²) in [7, 11) is 0. The smallest absolute Gasteiger partial charge is 0.0745 e. The van der Waals surface area contributed by atoms with E-state index >= 15 is 0 Å². The van der Waals surface area contributed by atoms with Crippen molar-refractivity contribution in [2.45, 2.75) is 39.5 Å². The van der Waals surface area contributed by atoms with Crippen LogP contribution < -0.4 is 0 Å². The summed E-state index contributed by atoms with van der Waals surface area (Å²) in [6.45, 7) is 9.00. The van der Waals surface area contributed by atoms with Crippen molar-refractivity contribution in [1.82, 2.24) is 4.98 Å². The maximum Gasteiger partial charge on any atom is 0.0745 e. The Hall–Kier alpha value is -1.89. The second-order valence-electron chi connectivity index (χ2n) is 6.12. The van der Waals surface area contributed by atoms with Crippen molar-refractivity contribution >= 4 is 21.7 Å². The molecule has 2 aromatic carbocycles. The van der Waals surface area contributed by atoms with Crippen LogP contribution in [0.5, 0.6) is 0 Å². The summed E-state index contributed by atoms with van der Waals surface area (Å²) in [5.41, 5.74) is 3.92. The van der Waals surface area contributed by atoms with Crippen molar-refractivity contribution in [3.05, 3.63) is 53.7 Å². The van der Waals surface area contributed by atoms with Crippen LogP contribution in [0.2, 0.25) is 0 Å². The van der Waals surface area contributed by atoms with E-state index in [0.717, 1.165) is 0 Å². The highest BCUT2D eigenvalue weighted by Crippen LogP contribution is 2.35. The van der Waals surface area contributed by atoms with Crippen molar-refractivity contribution in [2.75, 3.05) is 0 Å². The average Bonchev–Trinajstić information content (AvgIpc) is 2.45. The lowest BCUT2D eigenvalue weighted by molar-refractivity contribution is 0.864. The molecule has 102 valence electrons. The highest BCUT2D eigenvalue weighted by Gasteiger charge is 2.14. The summed E-state index contributed by atoms with van der Waals surface area (Å²) < 4.78 is 0. The number of aromatic nitrogens is 1. The van der Waals surface area contributed by atoms with Gasteiger partial charge in [-0.05, 0) is 45.9 Å². The Morgan fingerprint density at radius 1 is 0.850 bits per heavy atom. The largest absolute Gasteiger partial charge is 0.256 e. The van der Waals surface area contributed by atoms with Crippen LogP contribution in [0.15, 0.2) is 42.6 Å². The minimum atomic E-state index is 0.483. The lowest BCUT2D eigenvalue weighted by Crippen LogP contribution is -1.97. The van der Waals surface area contributed by atoms with Crippen LogP contribution in [0, 0.1) is 0 Å². The molecule has 0 aliphatic heterocycles. The molecule has 0 saturated carbocycles. The number of benzene rings is 2. The van der Waals surface area contributed by atoms with Gasteiger partial charge in [0.1, 0.15) is 0 Å². The molecule has 0 saturated heterocycles. The van der Waals surface area contributed by atoms with E-state index in [2.05, 4.69) is 64.1 Å². The summed E-state index contributed by atoms with van der Waals surface area (Å²) in [5, 5.41) is 3.98. The predicted molar refractivity (Wildman–Crippen MR) is 87.4 cm³/mol. The van der Waals surface area contributed by atoms with Crippen LogP contribution in [0.1, 0.15) is 50.7 Å². The Kier molecular flexibility index (Phi) is 3.21. The van der Waals surface area contributed by atoms with Gasteiger partial charge in [-0.15, -0.1) is 0 Å². The number of pyridine rings is 1. The van der Waals surface area contributed by atoms with Gasteiger partial charge in [-0.2, -0.15) is 0 Å². The van der Waals surface area contributed by atoms with Gasteiger partial charge in [0, 0.05) is 11.6 Å². The van der Waals surface area contributed by atoms with E-state index in [1.54, 1.807) is 0 Å². The number of hydrogen-bond donors (Lipinski definition) is 0. The molecular formula is C19H21N. The number of fused-ring (bicyclic) bond motifs is 3. The molecule has 0 fully saturated rings. The molecule has 1 heterocycles. The third-order valence-corrected chi connectivity index (χ3v) is 4.04. The van der Waals surface area contributed by atoms with Crippen LogP contribution in [-0.4, -0.2) is 4.98 Å². The van der Waals surface area contributed by atoms with Gasteiger partial charge < -0.3 is 0 Å². The fourth-order valence-electron chi connectivity index (χ4n) is 2.99. The number of hydrogen-bond acceptors (Lipinski definition) is 1. The third kappa shape index (κ3) is 1.98. The maximum absolute atomic E-state index is 4.70. The number of nitrogens with zero attached hydrogens (tertiary/aromatic N) is 1. The second-order valence-corrected chi connectivity index (χ2v) is 6.12.